The van der Waals surface area contributed by atoms with Crippen molar-refractivity contribution >= 4 is 5.91 Å². The average Bonchev–Trinajstić information content (AvgIpc) is 2.21. The summed E-state index contributed by atoms with van der Waals surface area (Å²) in [6.45, 7) is 6.25. The fraction of sp³-hybridized carbons (Fsp3) is 0.417. The van der Waals surface area contributed by atoms with Crippen molar-refractivity contribution in [3.8, 4) is 0 Å². The predicted molar refractivity (Wildman–Crippen MR) is 61.9 cm³/mol. The number of carbonyl (C=O) groups excluding carboxylic acids is 1. The topological polar surface area (TPSA) is 55.1 Å². The second-order valence-corrected chi connectivity index (χ2v) is 3.93. The van der Waals surface area contributed by atoms with Gasteiger partial charge in [-0.25, -0.2) is 0 Å². The Hall–Kier alpha value is -1.35. The molecule has 0 bridgehead atoms. The molecule has 0 aromatic heterocycles. The lowest BCUT2D eigenvalue weighted by atomic mass is 10.0. The van der Waals surface area contributed by atoms with E-state index >= 15 is 0 Å². The number of hydrogen-bond acceptors (Lipinski definition) is 2. The van der Waals surface area contributed by atoms with Gasteiger partial charge in [0, 0.05) is 18.2 Å². The molecule has 3 heteroatoms. The van der Waals surface area contributed by atoms with Crippen LogP contribution in [0.25, 0.3) is 0 Å². The maximum Gasteiger partial charge on any atom is 0.251 e. The maximum atomic E-state index is 11.8. The molecule has 0 heterocycles. The maximum absolute atomic E-state index is 11.8. The van der Waals surface area contributed by atoms with Crippen molar-refractivity contribution in [2.24, 2.45) is 5.73 Å². The Kier molecular flexibility index (Phi) is 3.86. The summed E-state index contributed by atoms with van der Waals surface area (Å²) in [5, 5.41) is 2.85. The Morgan fingerprint density at radius 2 is 2.13 bits per heavy atom. The van der Waals surface area contributed by atoms with E-state index in [1.54, 1.807) is 0 Å². The number of rotatable bonds is 3. The molecule has 0 radical (unpaired) electrons. The molecule has 0 unspecified atom stereocenters. The van der Waals surface area contributed by atoms with Crippen molar-refractivity contribution in [3.63, 3.8) is 0 Å². The van der Waals surface area contributed by atoms with Crippen LogP contribution in [0.5, 0.6) is 0 Å². The van der Waals surface area contributed by atoms with Crippen LogP contribution >= 0.6 is 0 Å². The summed E-state index contributed by atoms with van der Waals surface area (Å²) < 4.78 is 0. The van der Waals surface area contributed by atoms with Gasteiger partial charge in [0.05, 0.1) is 0 Å². The molecule has 3 N–H and O–H groups in total. The lowest BCUT2D eigenvalue weighted by molar-refractivity contribution is 0.0940. The molecular formula is C12H18N2O. The number of amides is 1. The zero-order valence-corrected chi connectivity index (χ0v) is 9.50. The Morgan fingerprint density at radius 1 is 1.47 bits per heavy atom. The average molecular weight is 206 g/mol. The zero-order valence-electron chi connectivity index (χ0n) is 9.50. The van der Waals surface area contributed by atoms with E-state index < -0.39 is 0 Å². The molecule has 0 aliphatic heterocycles. The largest absolute Gasteiger partial charge is 0.348 e. The zero-order chi connectivity index (χ0) is 11.4. The van der Waals surface area contributed by atoms with Crippen LogP contribution in [0.4, 0.5) is 0 Å². The first kappa shape index (κ1) is 11.7. The van der Waals surface area contributed by atoms with E-state index in [9.17, 15) is 4.79 Å². The third-order valence-corrected chi connectivity index (χ3v) is 2.37. The summed E-state index contributed by atoms with van der Waals surface area (Å²) in [4.78, 5) is 11.8. The van der Waals surface area contributed by atoms with E-state index in [4.69, 9.17) is 5.73 Å². The Morgan fingerprint density at radius 3 is 2.73 bits per heavy atom. The smallest absolute Gasteiger partial charge is 0.251 e. The molecule has 0 aliphatic rings. The van der Waals surface area contributed by atoms with E-state index in [-0.39, 0.29) is 11.9 Å². The molecule has 0 saturated heterocycles. The first-order valence-electron chi connectivity index (χ1n) is 5.12. The van der Waals surface area contributed by atoms with Crippen molar-refractivity contribution in [2.45, 2.75) is 26.8 Å². The lowest BCUT2D eigenvalue weighted by Gasteiger charge is -2.13. The minimum atomic E-state index is -0.0471. The quantitative estimate of drug-likeness (QED) is 0.785. The number of benzene rings is 1. The summed E-state index contributed by atoms with van der Waals surface area (Å²) in [5.74, 6) is -0.0471. The van der Waals surface area contributed by atoms with Crippen molar-refractivity contribution < 1.29 is 4.79 Å². The molecule has 82 valence electrons. The van der Waals surface area contributed by atoms with Gasteiger partial charge in [-0.3, -0.25) is 4.79 Å². The Labute approximate surface area is 90.7 Å². The molecule has 1 aromatic carbocycles. The number of hydrogen-bond donors (Lipinski definition) is 2. The highest BCUT2D eigenvalue weighted by atomic mass is 16.1. The molecule has 0 saturated carbocycles. The van der Waals surface area contributed by atoms with Crippen molar-refractivity contribution in [3.05, 3.63) is 34.9 Å². The molecule has 15 heavy (non-hydrogen) atoms. The first-order valence-corrected chi connectivity index (χ1v) is 5.12. The highest BCUT2D eigenvalue weighted by molar-refractivity contribution is 5.95. The van der Waals surface area contributed by atoms with E-state index in [1.165, 1.54) is 0 Å². The Bertz CT molecular complexity index is 361. The van der Waals surface area contributed by atoms with Gasteiger partial charge in [-0.15, -0.1) is 0 Å². The van der Waals surface area contributed by atoms with Crippen LogP contribution < -0.4 is 11.1 Å². The van der Waals surface area contributed by atoms with Gasteiger partial charge in [0.15, 0.2) is 0 Å². The third-order valence-electron chi connectivity index (χ3n) is 2.37. The van der Waals surface area contributed by atoms with Crippen LogP contribution in [0.3, 0.4) is 0 Å². The minimum Gasteiger partial charge on any atom is -0.348 e. The summed E-state index contributed by atoms with van der Waals surface area (Å²) in [7, 11) is 0. The number of nitrogens with one attached hydrogen (secondary N) is 1. The number of nitrogens with two attached hydrogens (primary N) is 1. The molecule has 1 aromatic rings. The molecule has 3 nitrogen and oxygen atoms in total. The second kappa shape index (κ2) is 4.94. The fourth-order valence-corrected chi connectivity index (χ4v) is 1.34. The van der Waals surface area contributed by atoms with E-state index in [0.29, 0.717) is 6.54 Å². The van der Waals surface area contributed by atoms with Gasteiger partial charge >= 0.3 is 0 Å². The second-order valence-electron chi connectivity index (χ2n) is 3.93. The van der Waals surface area contributed by atoms with Gasteiger partial charge in [0.2, 0.25) is 0 Å². The van der Waals surface area contributed by atoms with Crippen molar-refractivity contribution in [1.29, 1.82) is 0 Å². The minimum absolute atomic E-state index is 0.0115. The van der Waals surface area contributed by atoms with Crippen LogP contribution in [0.2, 0.25) is 0 Å². The first-order chi connectivity index (χ1) is 7.04. The van der Waals surface area contributed by atoms with Crippen molar-refractivity contribution in [1.82, 2.24) is 5.32 Å². The third kappa shape index (κ3) is 3.06. The molecular weight excluding hydrogens is 188 g/mol. The predicted octanol–water partition coefficient (Wildman–Crippen LogP) is 1.38. The standard InChI is InChI=1S/C12H18N2O/c1-8-4-5-9(2)11(6-8)12(15)14-10(3)7-13/h4-6,10H,7,13H2,1-3H3,(H,14,15)/t10-/m1/s1. The number of aryl methyl sites for hydroxylation is 2. The van der Waals surface area contributed by atoms with Crippen LogP contribution in [-0.2, 0) is 0 Å². The summed E-state index contributed by atoms with van der Waals surface area (Å²) in [6, 6.07) is 5.86. The van der Waals surface area contributed by atoms with Gasteiger partial charge in [-0.1, -0.05) is 17.7 Å². The van der Waals surface area contributed by atoms with Gasteiger partial charge in [0.1, 0.15) is 0 Å². The van der Waals surface area contributed by atoms with E-state index in [2.05, 4.69) is 5.32 Å². The van der Waals surface area contributed by atoms with Gasteiger partial charge < -0.3 is 11.1 Å². The SMILES string of the molecule is Cc1ccc(C)c(C(=O)N[C@H](C)CN)c1. The van der Waals surface area contributed by atoms with Crippen LogP contribution in [0, 0.1) is 13.8 Å². The van der Waals surface area contributed by atoms with Gasteiger partial charge in [-0.2, -0.15) is 0 Å². The van der Waals surface area contributed by atoms with Crippen LogP contribution in [0.1, 0.15) is 28.4 Å². The van der Waals surface area contributed by atoms with Gasteiger partial charge in [0.25, 0.3) is 5.91 Å². The summed E-state index contributed by atoms with van der Waals surface area (Å²) in [6.07, 6.45) is 0. The molecule has 0 fully saturated rings. The summed E-state index contributed by atoms with van der Waals surface area (Å²) in [5.41, 5.74) is 8.26. The molecule has 1 amide bonds. The monoisotopic (exact) mass is 206 g/mol. The normalized spacial score (nSPS) is 12.3. The van der Waals surface area contributed by atoms with Crippen LogP contribution in [0.15, 0.2) is 18.2 Å². The molecule has 0 aliphatic carbocycles. The lowest BCUT2D eigenvalue weighted by Crippen LogP contribution is -2.38. The summed E-state index contributed by atoms with van der Waals surface area (Å²) >= 11 is 0. The fourth-order valence-electron chi connectivity index (χ4n) is 1.34. The Balaban J connectivity index is 2.86. The molecule has 1 atom stereocenters. The van der Waals surface area contributed by atoms with E-state index in [0.717, 1.165) is 16.7 Å². The number of carbonyl (C=O) groups is 1. The van der Waals surface area contributed by atoms with E-state index in [1.807, 2.05) is 39.0 Å². The van der Waals surface area contributed by atoms with Crippen LogP contribution in [-0.4, -0.2) is 18.5 Å². The molecule has 1 rings (SSSR count). The van der Waals surface area contributed by atoms with Gasteiger partial charge in [-0.05, 0) is 32.4 Å². The van der Waals surface area contributed by atoms with Crippen molar-refractivity contribution in [2.75, 3.05) is 6.54 Å². The molecule has 0 spiro atoms. The highest BCUT2D eigenvalue weighted by Crippen LogP contribution is 2.10. The highest BCUT2D eigenvalue weighted by Gasteiger charge is 2.10.